The highest BCUT2D eigenvalue weighted by atomic mass is 32.1. The minimum absolute atomic E-state index is 0.168. The number of likely N-dealkylation sites (N-methyl/N-ethyl adjacent to an activating group) is 1. The maximum Gasteiger partial charge on any atom is 0.286 e. The van der Waals surface area contributed by atoms with Crippen LogP contribution in [0.3, 0.4) is 0 Å². The summed E-state index contributed by atoms with van der Waals surface area (Å²) < 4.78 is 10.4. The fourth-order valence-corrected chi connectivity index (χ4v) is 3.66. The van der Waals surface area contributed by atoms with Crippen LogP contribution in [0, 0.1) is 0 Å². The summed E-state index contributed by atoms with van der Waals surface area (Å²) in [7, 11) is 3.14. The summed E-state index contributed by atoms with van der Waals surface area (Å²) in [6, 6.07) is 14.3. The molecule has 0 aliphatic rings. The van der Waals surface area contributed by atoms with E-state index in [4.69, 9.17) is 9.47 Å². The number of rotatable bonds is 10. The standard InChI is InChI=1S/C22H25N5O4S/c1-4-27(13-19(28)24-17-7-5-6-8-18(17)31-3)14-20-25-26-22(32-20)21(29)23-15-9-11-16(30-2)12-10-15/h5-12H,4,13-14H2,1-3H3,(H,23,29)(H,24,28). The molecule has 0 aliphatic carbocycles. The number of carbonyl (C=O) groups is 2. The maximum atomic E-state index is 12.5. The van der Waals surface area contributed by atoms with Crippen LogP contribution in [0.5, 0.6) is 11.5 Å². The second-order valence-corrected chi connectivity index (χ2v) is 7.80. The highest BCUT2D eigenvalue weighted by Crippen LogP contribution is 2.23. The Morgan fingerprint density at radius 1 is 1.00 bits per heavy atom. The molecule has 0 saturated carbocycles. The molecule has 3 aromatic rings. The lowest BCUT2D eigenvalue weighted by atomic mass is 10.3. The third-order valence-corrected chi connectivity index (χ3v) is 5.47. The Balaban J connectivity index is 1.56. The minimum atomic E-state index is -0.337. The van der Waals surface area contributed by atoms with Crippen LogP contribution in [-0.2, 0) is 11.3 Å². The van der Waals surface area contributed by atoms with Crippen LogP contribution in [0.4, 0.5) is 11.4 Å². The van der Waals surface area contributed by atoms with Crippen molar-refractivity contribution in [2.75, 3.05) is 37.9 Å². The Morgan fingerprint density at radius 2 is 1.75 bits per heavy atom. The van der Waals surface area contributed by atoms with E-state index < -0.39 is 0 Å². The monoisotopic (exact) mass is 455 g/mol. The van der Waals surface area contributed by atoms with Gasteiger partial charge in [0.15, 0.2) is 0 Å². The van der Waals surface area contributed by atoms with E-state index in [-0.39, 0.29) is 23.4 Å². The van der Waals surface area contributed by atoms with Gasteiger partial charge in [-0.3, -0.25) is 14.5 Å². The smallest absolute Gasteiger partial charge is 0.286 e. The number of carbonyl (C=O) groups excluding carboxylic acids is 2. The molecule has 0 fully saturated rings. The molecule has 10 heteroatoms. The first-order chi connectivity index (χ1) is 15.5. The lowest BCUT2D eigenvalue weighted by Gasteiger charge is -2.18. The van der Waals surface area contributed by atoms with Crippen molar-refractivity contribution < 1.29 is 19.1 Å². The molecule has 0 spiro atoms. The number of para-hydroxylation sites is 2. The Morgan fingerprint density at radius 3 is 2.44 bits per heavy atom. The third-order valence-electron chi connectivity index (χ3n) is 4.56. The van der Waals surface area contributed by atoms with E-state index in [2.05, 4.69) is 20.8 Å². The molecule has 0 unspecified atom stereocenters. The van der Waals surface area contributed by atoms with E-state index in [0.717, 1.165) is 0 Å². The first-order valence-electron chi connectivity index (χ1n) is 9.95. The Labute approximate surface area is 190 Å². The molecule has 2 amide bonds. The summed E-state index contributed by atoms with van der Waals surface area (Å²) in [5.74, 6) is 0.797. The van der Waals surface area contributed by atoms with Gasteiger partial charge >= 0.3 is 0 Å². The molecular weight excluding hydrogens is 430 g/mol. The minimum Gasteiger partial charge on any atom is -0.497 e. The van der Waals surface area contributed by atoms with Crippen molar-refractivity contribution in [2.24, 2.45) is 0 Å². The van der Waals surface area contributed by atoms with Crippen molar-refractivity contribution in [1.82, 2.24) is 15.1 Å². The van der Waals surface area contributed by atoms with Crippen molar-refractivity contribution in [2.45, 2.75) is 13.5 Å². The van der Waals surface area contributed by atoms with Gasteiger partial charge in [-0.2, -0.15) is 0 Å². The molecule has 2 aromatic carbocycles. The normalized spacial score (nSPS) is 10.6. The fraction of sp³-hybridized carbons (Fsp3) is 0.273. The molecule has 1 heterocycles. The average molecular weight is 456 g/mol. The zero-order chi connectivity index (χ0) is 22.9. The summed E-state index contributed by atoms with van der Waals surface area (Å²) in [6.07, 6.45) is 0. The summed E-state index contributed by atoms with van der Waals surface area (Å²) in [5.41, 5.74) is 1.25. The molecule has 0 bridgehead atoms. The molecule has 168 valence electrons. The van der Waals surface area contributed by atoms with E-state index in [1.807, 2.05) is 24.0 Å². The lowest BCUT2D eigenvalue weighted by molar-refractivity contribution is -0.117. The van der Waals surface area contributed by atoms with Crippen molar-refractivity contribution in [3.05, 3.63) is 58.5 Å². The Hall–Kier alpha value is -3.50. The third kappa shape index (κ3) is 6.25. The number of benzene rings is 2. The van der Waals surface area contributed by atoms with Crippen LogP contribution >= 0.6 is 11.3 Å². The molecule has 3 rings (SSSR count). The van der Waals surface area contributed by atoms with Crippen LogP contribution in [0.1, 0.15) is 21.7 Å². The van der Waals surface area contributed by atoms with E-state index in [1.54, 1.807) is 50.6 Å². The maximum absolute atomic E-state index is 12.5. The summed E-state index contributed by atoms with van der Waals surface area (Å²) in [4.78, 5) is 26.9. The number of nitrogens with zero attached hydrogens (tertiary/aromatic N) is 3. The average Bonchev–Trinajstić information content (AvgIpc) is 3.28. The van der Waals surface area contributed by atoms with E-state index in [9.17, 15) is 9.59 Å². The molecule has 0 saturated heterocycles. The predicted octanol–water partition coefficient (Wildman–Crippen LogP) is 3.27. The quantitative estimate of drug-likeness (QED) is 0.483. The second-order valence-electron chi connectivity index (χ2n) is 6.74. The molecule has 2 N–H and O–H groups in total. The number of methoxy groups -OCH3 is 2. The van der Waals surface area contributed by atoms with Crippen LogP contribution in [0.25, 0.3) is 0 Å². The van der Waals surface area contributed by atoms with Gasteiger partial charge in [0.25, 0.3) is 5.91 Å². The van der Waals surface area contributed by atoms with Crippen LogP contribution in [0.15, 0.2) is 48.5 Å². The number of ether oxygens (including phenoxy) is 2. The zero-order valence-electron chi connectivity index (χ0n) is 18.1. The van der Waals surface area contributed by atoms with Crippen LogP contribution in [-0.4, -0.2) is 54.2 Å². The van der Waals surface area contributed by atoms with Gasteiger partial charge < -0.3 is 20.1 Å². The molecule has 9 nitrogen and oxygen atoms in total. The van der Waals surface area contributed by atoms with E-state index in [0.29, 0.717) is 41.0 Å². The fourth-order valence-electron chi connectivity index (χ4n) is 2.88. The Kier molecular flexibility index (Phi) is 8.12. The Bertz CT molecular complexity index is 1050. The molecule has 0 atom stereocenters. The van der Waals surface area contributed by atoms with Crippen molar-refractivity contribution >= 4 is 34.5 Å². The number of amides is 2. The highest BCUT2D eigenvalue weighted by molar-refractivity contribution is 7.13. The largest absolute Gasteiger partial charge is 0.497 e. The number of anilines is 2. The van der Waals surface area contributed by atoms with E-state index in [1.165, 1.54) is 11.3 Å². The van der Waals surface area contributed by atoms with Gasteiger partial charge in [-0.25, -0.2) is 0 Å². The van der Waals surface area contributed by atoms with Crippen molar-refractivity contribution in [3.8, 4) is 11.5 Å². The number of aromatic nitrogens is 2. The predicted molar refractivity (Wildman–Crippen MR) is 123 cm³/mol. The van der Waals surface area contributed by atoms with Gasteiger partial charge in [0.1, 0.15) is 16.5 Å². The zero-order valence-corrected chi connectivity index (χ0v) is 18.9. The van der Waals surface area contributed by atoms with Gasteiger partial charge in [0.2, 0.25) is 10.9 Å². The highest BCUT2D eigenvalue weighted by Gasteiger charge is 2.17. The van der Waals surface area contributed by atoms with Crippen LogP contribution < -0.4 is 20.1 Å². The first-order valence-corrected chi connectivity index (χ1v) is 10.8. The lowest BCUT2D eigenvalue weighted by Crippen LogP contribution is -2.32. The van der Waals surface area contributed by atoms with Crippen molar-refractivity contribution in [1.29, 1.82) is 0 Å². The molecule has 0 aliphatic heterocycles. The molecule has 0 radical (unpaired) electrons. The van der Waals surface area contributed by atoms with Crippen molar-refractivity contribution in [3.63, 3.8) is 0 Å². The summed E-state index contributed by atoms with van der Waals surface area (Å²) in [6.45, 7) is 3.16. The van der Waals surface area contributed by atoms with Crippen LogP contribution in [0.2, 0.25) is 0 Å². The number of hydrogen-bond donors (Lipinski definition) is 2. The van der Waals surface area contributed by atoms with Gasteiger partial charge in [0, 0.05) is 5.69 Å². The SMILES string of the molecule is CCN(CC(=O)Nc1ccccc1OC)Cc1nnc(C(=O)Nc2ccc(OC)cc2)s1. The summed E-state index contributed by atoms with van der Waals surface area (Å²) in [5, 5.41) is 14.6. The first kappa shape index (κ1) is 23.2. The topological polar surface area (TPSA) is 106 Å². The molecule has 32 heavy (non-hydrogen) atoms. The van der Waals surface area contributed by atoms with Gasteiger partial charge in [0.05, 0.1) is 33.0 Å². The van der Waals surface area contributed by atoms with Gasteiger partial charge in [-0.05, 0) is 42.9 Å². The second kappa shape index (κ2) is 11.2. The molecular formula is C22H25N5O4S. The van der Waals surface area contributed by atoms with Gasteiger partial charge in [-0.15, -0.1) is 10.2 Å². The number of hydrogen-bond acceptors (Lipinski definition) is 8. The number of nitrogens with one attached hydrogen (secondary N) is 2. The molecule has 1 aromatic heterocycles. The summed E-state index contributed by atoms with van der Waals surface area (Å²) >= 11 is 1.20. The van der Waals surface area contributed by atoms with Gasteiger partial charge in [-0.1, -0.05) is 30.4 Å². The van der Waals surface area contributed by atoms with E-state index >= 15 is 0 Å².